The Kier molecular flexibility index (Phi) is 5.74. The van der Waals surface area contributed by atoms with Crippen molar-refractivity contribution in [2.24, 2.45) is 0 Å². The number of para-hydroxylation sites is 2. The summed E-state index contributed by atoms with van der Waals surface area (Å²) in [4.78, 5) is 23.0. The van der Waals surface area contributed by atoms with Crippen molar-refractivity contribution in [2.45, 2.75) is 13.8 Å². The normalized spacial score (nSPS) is 10.0. The monoisotopic (exact) mass is 314 g/mol. The van der Waals surface area contributed by atoms with Crippen molar-refractivity contribution in [3.63, 3.8) is 0 Å². The summed E-state index contributed by atoms with van der Waals surface area (Å²) in [7, 11) is 0. The molecule has 0 aliphatic heterocycles. The SMILES string of the molecule is CCOc1ccccc1OC(=O)COc1ccc(C(C)=O)cc1. The molecule has 2 aromatic rings. The lowest BCUT2D eigenvalue weighted by atomic mass is 10.1. The van der Waals surface area contributed by atoms with Gasteiger partial charge in [0, 0.05) is 5.56 Å². The molecule has 5 nitrogen and oxygen atoms in total. The predicted molar refractivity (Wildman–Crippen MR) is 85.2 cm³/mol. The second-order valence-corrected chi connectivity index (χ2v) is 4.72. The van der Waals surface area contributed by atoms with Crippen LogP contribution in [0.2, 0.25) is 0 Å². The fraction of sp³-hybridized carbons (Fsp3) is 0.222. The molecule has 0 aliphatic rings. The second-order valence-electron chi connectivity index (χ2n) is 4.72. The van der Waals surface area contributed by atoms with E-state index in [2.05, 4.69) is 0 Å². The molecule has 120 valence electrons. The van der Waals surface area contributed by atoms with Crippen LogP contribution >= 0.6 is 0 Å². The van der Waals surface area contributed by atoms with Crippen molar-refractivity contribution in [1.29, 1.82) is 0 Å². The molecule has 0 N–H and O–H groups in total. The van der Waals surface area contributed by atoms with Gasteiger partial charge < -0.3 is 14.2 Å². The number of carbonyl (C=O) groups excluding carboxylic acids is 2. The van der Waals surface area contributed by atoms with Crippen molar-refractivity contribution >= 4 is 11.8 Å². The molecule has 2 rings (SSSR count). The largest absolute Gasteiger partial charge is 0.490 e. The van der Waals surface area contributed by atoms with Crippen LogP contribution in [0.25, 0.3) is 0 Å². The smallest absolute Gasteiger partial charge is 0.349 e. The third-order valence-electron chi connectivity index (χ3n) is 2.99. The van der Waals surface area contributed by atoms with Gasteiger partial charge in [0.25, 0.3) is 0 Å². The fourth-order valence-electron chi connectivity index (χ4n) is 1.89. The molecule has 0 amide bonds. The third kappa shape index (κ3) is 4.85. The zero-order valence-electron chi connectivity index (χ0n) is 13.1. The molecule has 0 aromatic heterocycles. The van der Waals surface area contributed by atoms with Crippen LogP contribution < -0.4 is 14.2 Å². The van der Waals surface area contributed by atoms with Gasteiger partial charge in [0.1, 0.15) is 5.75 Å². The van der Waals surface area contributed by atoms with Crippen molar-refractivity contribution in [2.75, 3.05) is 13.2 Å². The molecule has 0 radical (unpaired) electrons. The number of Topliss-reactive ketones (excluding diaryl/α,β-unsaturated/α-hetero) is 1. The topological polar surface area (TPSA) is 61.8 Å². The maximum Gasteiger partial charge on any atom is 0.349 e. The Morgan fingerprint density at radius 3 is 2.17 bits per heavy atom. The summed E-state index contributed by atoms with van der Waals surface area (Å²) in [5, 5.41) is 0. The van der Waals surface area contributed by atoms with Crippen LogP contribution in [0.3, 0.4) is 0 Å². The van der Waals surface area contributed by atoms with Crippen molar-refractivity contribution in [3.8, 4) is 17.2 Å². The highest BCUT2D eigenvalue weighted by atomic mass is 16.6. The van der Waals surface area contributed by atoms with Gasteiger partial charge in [-0.15, -0.1) is 0 Å². The first kappa shape index (κ1) is 16.5. The number of carbonyl (C=O) groups is 2. The second kappa shape index (κ2) is 7.98. The quantitative estimate of drug-likeness (QED) is 0.446. The molecule has 0 bridgehead atoms. The zero-order valence-corrected chi connectivity index (χ0v) is 13.1. The first-order valence-electron chi connectivity index (χ1n) is 7.26. The Labute approximate surface area is 134 Å². The Balaban J connectivity index is 1.91. The summed E-state index contributed by atoms with van der Waals surface area (Å²) in [5.41, 5.74) is 0.588. The van der Waals surface area contributed by atoms with Crippen LogP contribution in [-0.4, -0.2) is 25.0 Å². The van der Waals surface area contributed by atoms with Crippen molar-refractivity contribution in [1.82, 2.24) is 0 Å². The van der Waals surface area contributed by atoms with Crippen LogP contribution in [0.15, 0.2) is 48.5 Å². The molecule has 0 saturated carbocycles. The van der Waals surface area contributed by atoms with Gasteiger partial charge in [0.05, 0.1) is 6.61 Å². The highest BCUT2D eigenvalue weighted by Gasteiger charge is 2.10. The lowest BCUT2D eigenvalue weighted by molar-refractivity contribution is -0.136. The minimum atomic E-state index is -0.534. The molecular weight excluding hydrogens is 296 g/mol. The van der Waals surface area contributed by atoms with Gasteiger partial charge in [-0.25, -0.2) is 4.79 Å². The van der Waals surface area contributed by atoms with Gasteiger partial charge in [-0.05, 0) is 50.2 Å². The molecule has 23 heavy (non-hydrogen) atoms. The van der Waals surface area contributed by atoms with E-state index in [-0.39, 0.29) is 12.4 Å². The average molecular weight is 314 g/mol. The van der Waals surface area contributed by atoms with E-state index >= 15 is 0 Å². The van der Waals surface area contributed by atoms with Gasteiger partial charge in [-0.3, -0.25) is 4.79 Å². The summed E-state index contributed by atoms with van der Waals surface area (Å²) < 4.78 is 16.0. The molecule has 0 saturated heterocycles. The van der Waals surface area contributed by atoms with E-state index in [4.69, 9.17) is 14.2 Å². The van der Waals surface area contributed by atoms with Crippen LogP contribution in [0, 0.1) is 0 Å². The summed E-state index contributed by atoms with van der Waals surface area (Å²) >= 11 is 0. The lowest BCUT2D eigenvalue weighted by Gasteiger charge is -2.10. The molecule has 0 unspecified atom stereocenters. The number of ether oxygens (including phenoxy) is 3. The number of rotatable bonds is 7. The van der Waals surface area contributed by atoms with E-state index in [1.165, 1.54) is 6.92 Å². The van der Waals surface area contributed by atoms with Crippen LogP contribution in [0.5, 0.6) is 17.2 Å². The van der Waals surface area contributed by atoms with E-state index in [1.807, 2.05) is 6.92 Å². The van der Waals surface area contributed by atoms with Gasteiger partial charge in [0.2, 0.25) is 0 Å². The highest BCUT2D eigenvalue weighted by Crippen LogP contribution is 2.26. The Hall–Kier alpha value is -2.82. The molecule has 0 atom stereocenters. The Morgan fingerprint density at radius 2 is 1.57 bits per heavy atom. The van der Waals surface area contributed by atoms with Gasteiger partial charge in [-0.2, -0.15) is 0 Å². The number of benzene rings is 2. The van der Waals surface area contributed by atoms with E-state index in [0.29, 0.717) is 29.4 Å². The van der Waals surface area contributed by atoms with Gasteiger partial charge in [-0.1, -0.05) is 12.1 Å². The minimum Gasteiger partial charge on any atom is -0.490 e. The van der Waals surface area contributed by atoms with E-state index in [9.17, 15) is 9.59 Å². The minimum absolute atomic E-state index is 0.0245. The number of ketones is 1. The zero-order chi connectivity index (χ0) is 16.7. The summed E-state index contributed by atoms with van der Waals surface area (Å²) in [6.45, 7) is 3.59. The van der Waals surface area contributed by atoms with Crippen molar-refractivity contribution in [3.05, 3.63) is 54.1 Å². The fourth-order valence-corrected chi connectivity index (χ4v) is 1.89. The van der Waals surface area contributed by atoms with Crippen LogP contribution in [-0.2, 0) is 4.79 Å². The van der Waals surface area contributed by atoms with Crippen molar-refractivity contribution < 1.29 is 23.8 Å². The molecule has 0 aliphatic carbocycles. The first-order chi connectivity index (χ1) is 11.1. The average Bonchev–Trinajstić information content (AvgIpc) is 2.55. The van der Waals surface area contributed by atoms with Crippen LogP contribution in [0.1, 0.15) is 24.2 Å². The molecule has 0 fully saturated rings. The summed E-state index contributed by atoms with van der Waals surface area (Å²) in [6, 6.07) is 13.5. The third-order valence-corrected chi connectivity index (χ3v) is 2.99. The summed E-state index contributed by atoms with van der Waals surface area (Å²) in [6.07, 6.45) is 0. The van der Waals surface area contributed by atoms with Crippen LogP contribution in [0.4, 0.5) is 0 Å². The molecule has 0 spiro atoms. The highest BCUT2D eigenvalue weighted by molar-refractivity contribution is 5.94. The number of hydrogen-bond donors (Lipinski definition) is 0. The maximum atomic E-state index is 11.9. The Morgan fingerprint density at radius 1 is 0.913 bits per heavy atom. The van der Waals surface area contributed by atoms with E-state index in [1.54, 1.807) is 48.5 Å². The molecular formula is C18H18O5. The number of esters is 1. The Bertz CT molecular complexity index is 676. The maximum absolute atomic E-state index is 11.9. The predicted octanol–water partition coefficient (Wildman–Crippen LogP) is 3.27. The lowest BCUT2D eigenvalue weighted by Crippen LogP contribution is -2.18. The van der Waals surface area contributed by atoms with Gasteiger partial charge >= 0.3 is 5.97 Å². The molecule has 5 heteroatoms. The molecule has 2 aromatic carbocycles. The first-order valence-corrected chi connectivity index (χ1v) is 7.26. The summed E-state index contributed by atoms with van der Waals surface area (Å²) in [5.74, 6) is 0.797. The van der Waals surface area contributed by atoms with E-state index < -0.39 is 5.97 Å². The number of hydrogen-bond acceptors (Lipinski definition) is 5. The molecule has 0 heterocycles. The van der Waals surface area contributed by atoms with Gasteiger partial charge in [0.15, 0.2) is 23.9 Å². The van der Waals surface area contributed by atoms with E-state index in [0.717, 1.165) is 0 Å². The standard InChI is InChI=1S/C18H18O5/c1-3-21-16-6-4-5-7-17(16)23-18(20)12-22-15-10-8-14(9-11-15)13(2)19/h4-11H,3,12H2,1-2H3.